The van der Waals surface area contributed by atoms with Gasteiger partial charge in [0.15, 0.2) is 11.5 Å². The number of hydrogen-bond donors (Lipinski definition) is 0. The molecule has 0 N–H and O–H groups in total. The maximum Gasteiger partial charge on any atom is 0.276 e. The Morgan fingerprint density at radius 3 is 2.40 bits per heavy atom. The number of aromatic nitrogens is 1. The lowest BCUT2D eigenvalue weighted by Crippen LogP contribution is -2.48. The minimum Gasteiger partial charge on any atom is -0.494 e. The van der Waals surface area contributed by atoms with Crippen molar-refractivity contribution in [2.75, 3.05) is 32.8 Å². The fraction of sp³-hybridized carbons (Fsp3) is 0.304. The van der Waals surface area contributed by atoms with Gasteiger partial charge in [0.2, 0.25) is 0 Å². The van der Waals surface area contributed by atoms with Gasteiger partial charge in [-0.3, -0.25) is 9.69 Å². The molecule has 0 aliphatic carbocycles. The smallest absolute Gasteiger partial charge is 0.276 e. The fourth-order valence-electron chi connectivity index (χ4n) is 3.51. The molecule has 7 heteroatoms. The molecule has 1 aliphatic heterocycles. The van der Waals surface area contributed by atoms with Gasteiger partial charge in [-0.25, -0.2) is 0 Å². The lowest BCUT2D eigenvalue weighted by molar-refractivity contribution is 0.0618. The molecule has 2 heterocycles. The van der Waals surface area contributed by atoms with E-state index < -0.39 is 0 Å². The molecule has 30 heavy (non-hydrogen) atoms. The molecule has 1 fully saturated rings. The zero-order chi connectivity index (χ0) is 20.1. The Bertz CT molecular complexity index is 936. The van der Waals surface area contributed by atoms with Crippen molar-refractivity contribution in [1.29, 1.82) is 0 Å². The summed E-state index contributed by atoms with van der Waals surface area (Å²) in [5, 5.41) is 4.00. The average molecular weight is 428 g/mol. The summed E-state index contributed by atoms with van der Waals surface area (Å²) >= 11 is 0. The minimum absolute atomic E-state index is 0. The van der Waals surface area contributed by atoms with E-state index in [0.717, 1.165) is 30.9 Å². The van der Waals surface area contributed by atoms with Gasteiger partial charge in [-0.2, -0.15) is 0 Å². The molecule has 2 aromatic carbocycles. The van der Waals surface area contributed by atoms with E-state index in [1.54, 1.807) is 6.07 Å². The number of hydrogen-bond acceptors (Lipinski definition) is 5. The van der Waals surface area contributed by atoms with Gasteiger partial charge < -0.3 is 14.2 Å². The lowest BCUT2D eigenvalue weighted by Gasteiger charge is -2.34. The molecule has 0 radical (unpaired) electrons. The number of rotatable bonds is 6. The lowest BCUT2D eigenvalue weighted by atomic mass is 10.1. The summed E-state index contributed by atoms with van der Waals surface area (Å²) in [6.07, 6.45) is 0. The van der Waals surface area contributed by atoms with Crippen LogP contribution in [0, 0.1) is 0 Å². The predicted molar refractivity (Wildman–Crippen MR) is 118 cm³/mol. The number of piperazine rings is 1. The quantitative estimate of drug-likeness (QED) is 0.592. The number of carbonyl (C=O) groups is 1. The van der Waals surface area contributed by atoms with Gasteiger partial charge in [-0.05, 0) is 36.8 Å². The first-order valence-corrected chi connectivity index (χ1v) is 9.98. The van der Waals surface area contributed by atoms with Gasteiger partial charge in [-0.1, -0.05) is 35.5 Å². The summed E-state index contributed by atoms with van der Waals surface area (Å²) in [6, 6.07) is 19.7. The van der Waals surface area contributed by atoms with Crippen LogP contribution in [0.25, 0.3) is 11.3 Å². The van der Waals surface area contributed by atoms with Crippen molar-refractivity contribution < 1.29 is 14.1 Å². The van der Waals surface area contributed by atoms with E-state index in [0.29, 0.717) is 31.2 Å². The van der Waals surface area contributed by atoms with E-state index >= 15 is 0 Å². The first kappa shape index (κ1) is 21.9. The zero-order valence-corrected chi connectivity index (χ0v) is 17.8. The molecule has 4 rings (SSSR count). The van der Waals surface area contributed by atoms with Crippen molar-refractivity contribution >= 4 is 18.3 Å². The van der Waals surface area contributed by atoms with E-state index in [2.05, 4.69) is 34.3 Å². The first-order chi connectivity index (χ1) is 14.2. The van der Waals surface area contributed by atoms with Gasteiger partial charge in [0.1, 0.15) is 5.75 Å². The highest BCUT2D eigenvalue weighted by atomic mass is 35.5. The highest BCUT2D eigenvalue weighted by molar-refractivity contribution is 5.93. The summed E-state index contributed by atoms with van der Waals surface area (Å²) < 4.78 is 10.9. The van der Waals surface area contributed by atoms with E-state index in [4.69, 9.17) is 9.26 Å². The normalized spacial score (nSPS) is 14.2. The number of halogens is 1. The molecule has 1 saturated heterocycles. The Hall–Kier alpha value is -2.83. The van der Waals surface area contributed by atoms with Gasteiger partial charge in [0, 0.05) is 44.4 Å². The summed E-state index contributed by atoms with van der Waals surface area (Å²) in [7, 11) is 0. The Morgan fingerprint density at radius 2 is 1.73 bits per heavy atom. The Kier molecular flexibility index (Phi) is 7.49. The number of benzene rings is 2. The molecule has 1 amide bonds. The third-order valence-corrected chi connectivity index (χ3v) is 5.09. The van der Waals surface area contributed by atoms with Crippen LogP contribution >= 0.6 is 12.4 Å². The largest absolute Gasteiger partial charge is 0.494 e. The molecule has 0 unspecified atom stereocenters. The highest BCUT2D eigenvalue weighted by Gasteiger charge is 2.24. The Balaban J connectivity index is 0.00000256. The average Bonchev–Trinajstić information content (AvgIpc) is 3.26. The predicted octanol–water partition coefficient (Wildman–Crippen LogP) is 4.12. The van der Waals surface area contributed by atoms with Gasteiger partial charge in [0.05, 0.1) is 6.61 Å². The first-order valence-electron chi connectivity index (χ1n) is 9.98. The van der Waals surface area contributed by atoms with Crippen LogP contribution in [0.2, 0.25) is 0 Å². The van der Waals surface area contributed by atoms with Gasteiger partial charge in [0.25, 0.3) is 5.91 Å². The van der Waals surface area contributed by atoms with E-state index in [1.165, 1.54) is 5.56 Å². The van der Waals surface area contributed by atoms with Crippen molar-refractivity contribution in [2.45, 2.75) is 13.5 Å². The van der Waals surface area contributed by atoms with Crippen molar-refractivity contribution in [1.82, 2.24) is 15.0 Å². The molecule has 0 atom stereocenters. The van der Waals surface area contributed by atoms with E-state index in [-0.39, 0.29) is 18.3 Å². The van der Waals surface area contributed by atoms with Crippen LogP contribution in [-0.2, 0) is 6.54 Å². The highest BCUT2D eigenvalue weighted by Crippen LogP contribution is 2.24. The van der Waals surface area contributed by atoms with Crippen molar-refractivity contribution in [3.63, 3.8) is 0 Å². The fourth-order valence-corrected chi connectivity index (χ4v) is 3.51. The van der Waals surface area contributed by atoms with Gasteiger partial charge >= 0.3 is 0 Å². The maximum atomic E-state index is 12.8. The van der Waals surface area contributed by atoms with Gasteiger partial charge in [-0.15, -0.1) is 12.4 Å². The molecular formula is C23H26ClN3O3. The molecule has 0 bridgehead atoms. The summed E-state index contributed by atoms with van der Waals surface area (Å²) in [5.41, 5.74) is 2.52. The molecular weight excluding hydrogens is 402 g/mol. The SMILES string of the molecule is CCOc1ccc(-c2cc(C(=O)N3CCN(Cc4ccccc4)CC3)no2)cc1.Cl. The molecule has 0 spiro atoms. The van der Waals surface area contributed by atoms with Crippen molar-refractivity contribution in [2.24, 2.45) is 0 Å². The van der Waals surface area contributed by atoms with Crippen LogP contribution in [0.15, 0.2) is 65.2 Å². The number of ether oxygens (including phenoxy) is 1. The zero-order valence-electron chi connectivity index (χ0n) is 17.0. The standard InChI is InChI=1S/C23H25N3O3.ClH/c1-2-28-20-10-8-19(9-11-20)22-16-21(24-29-22)23(27)26-14-12-25(13-15-26)17-18-6-4-3-5-7-18;/h3-11,16H,2,12-15,17H2,1H3;1H. The second-order valence-electron chi connectivity index (χ2n) is 7.09. The Labute approximate surface area is 182 Å². The Morgan fingerprint density at radius 1 is 1.03 bits per heavy atom. The maximum absolute atomic E-state index is 12.8. The molecule has 1 aliphatic rings. The monoisotopic (exact) mass is 427 g/mol. The topological polar surface area (TPSA) is 58.8 Å². The summed E-state index contributed by atoms with van der Waals surface area (Å²) in [4.78, 5) is 17.0. The van der Waals surface area contributed by atoms with Crippen molar-refractivity contribution in [3.8, 4) is 17.1 Å². The van der Waals surface area contributed by atoms with Crippen LogP contribution < -0.4 is 4.74 Å². The summed E-state index contributed by atoms with van der Waals surface area (Å²) in [5.74, 6) is 1.31. The third-order valence-electron chi connectivity index (χ3n) is 5.09. The second-order valence-corrected chi connectivity index (χ2v) is 7.09. The third kappa shape index (κ3) is 5.20. The van der Waals surface area contributed by atoms with Crippen LogP contribution in [0.4, 0.5) is 0 Å². The van der Waals surface area contributed by atoms with Crippen LogP contribution in [0.3, 0.4) is 0 Å². The molecule has 6 nitrogen and oxygen atoms in total. The number of amides is 1. The minimum atomic E-state index is -0.0784. The van der Waals surface area contributed by atoms with E-state index in [1.807, 2.05) is 42.2 Å². The van der Waals surface area contributed by atoms with Crippen LogP contribution in [0.5, 0.6) is 5.75 Å². The summed E-state index contributed by atoms with van der Waals surface area (Å²) in [6.45, 7) is 6.57. The molecule has 3 aromatic rings. The number of nitrogens with zero attached hydrogens (tertiary/aromatic N) is 3. The second kappa shape index (κ2) is 10.3. The van der Waals surface area contributed by atoms with E-state index in [9.17, 15) is 4.79 Å². The number of carbonyl (C=O) groups excluding carboxylic acids is 1. The van der Waals surface area contributed by atoms with Crippen LogP contribution in [0.1, 0.15) is 23.0 Å². The van der Waals surface area contributed by atoms with Crippen LogP contribution in [-0.4, -0.2) is 53.6 Å². The molecule has 0 saturated carbocycles. The van der Waals surface area contributed by atoms with Crippen molar-refractivity contribution in [3.05, 3.63) is 71.9 Å². The molecule has 1 aromatic heterocycles. The molecule has 158 valence electrons.